The van der Waals surface area contributed by atoms with E-state index in [4.69, 9.17) is 0 Å². The van der Waals surface area contributed by atoms with Crippen molar-refractivity contribution in [2.75, 3.05) is 6.54 Å². The van der Waals surface area contributed by atoms with E-state index in [1.807, 2.05) is 25.1 Å². The van der Waals surface area contributed by atoms with Crippen LogP contribution in [0, 0.1) is 11.8 Å². The number of thiazole rings is 1. The van der Waals surface area contributed by atoms with Crippen LogP contribution in [0.4, 0.5) is 0 Å². The normalized spacial score (nSPS) is 9.71. The van der Waals surface area contributed by atoms with E-state index in [0.717, 1.165) is 23.8 Å². The first kappa shape index (κ1) is 11.8. The zero-order valence-corrected chi connectivity index (χ0v) is 10.6. The molecule has 0 saturated carbocycles. The maximum Gasteiger partial charge on any atom is 0.107 e. The summed E-state index contributed by atoms with van der Waals surface area (Å²) in [7, 11) is 0. The molecule has 86 valence electrons. The smallest absolute Gasteiger partial charge is 0.107 e. The van der Waals surface area contributed by atoms with Gasteiger partial charge in [-0.05, 0) is 6.92 Å². The van der Waals surface area contributed by atoms with Crippen molar-refractivity contribution in [2.45, 2.75) is 13.5 Å². The number of rotatable bonds is 4. The van der Waals surface area contributed by atoms with Gasteiger partial charge >= 0.3 is 0 Å². The Bertz CT molecular complexity index is 520. The van der Waals surface area contributed by atoms with E-state index in [2.05, 4.69) is 39.7 Å². The highest BCUT2D eigenvalue weighted by molar-refractivity contribution is 7.09. The van der Waals surface area contributed by atoms with E-state index in [0.29, 0.717) is 0 Å². The third-order valence-electron chi connectivity index (χ3n) is 2.29. The first-order chi connectivity index (χ1) is 8.40. The second kappa shape index (κ2) is 6.19. The molecule has 17 heavy (non-hydrogen) atoms. The van der Waals surface area contributed by atoms with E-state index in [-0.39, 0.29) is 0 Å². The van der Waals surface area contributed by atoms with Crippen LogP contribution in [-0.2, 0) is 6.54 Å². The number of aromatic nitrogens is 1. The van der Waals surface area contributed by atoms with Gasteiger partial charge in [-0.3, -0.25) is 5.32 Å². The Morgan fingerprint density at radius 3 is 2.88 bits per heavy atom. The molecular weight excluding hydrogens is 228 g/mol. The fourth-order valence-electron chi connectivity index (χ4n) is 1.45. The van der Waals surface area contributed by atoms with Crippen molar-refractivity contribution in [2.24, 2.45) is 0 Å². The zero-order valence-electron chi connectivity index (χ0n) is 9.73. The van der Waals surface area contributed by atoms with Crippen molar-refractivity contribution in [1.29, 1.82) is 0 Å². The predicted molar refractivity (Wildman–Crippen MR) is 72.7 cm³/mol. The summed E-state index contributed by atoms with van der Waals surface area (Å²) in [5, 5.41) is 6.44. The van der Waals surface area contributed by atoms with Crippen molar-refractivity contribution in [3.8, 4) is 23.1 Å². The summed E-state index contributed by atoms with van der Waals surface area (Å²) in [6, 6.07) is 10.2. The van der Waals surface area contributed by atoms with Gasteiger partial charge in [0.05, 0.1) is 12.2 Å². The molecule has 1 N–H and O–H groups in total. The highest BCUT2D eigenvalue weighted by atomic mass is 32.1. The van der Waals surface area contributed by atoms with Gasteiger partial charge in [0, 0.05) is 17.5 Å². The quantitative estimate of drug-likeness (QED) is 0.658. The Hall–Kier alpha value is -1.63. The van der Waals surface area contributed by atoms with Crippen LogP contribution in [0.15, 0.2) is 35.7 Å². The molecule has 0 amide bonds. The Labute approximate surface area is 106 Å². The summed E-state index contributed by atoms with van der Waals surface area (Å²) in [5.74, 6) is 5.83. The summed E-state index contributed by atoms with van der Waals surface area (Å²) in [6.45, 7) is 3.35. The van der Waals surface area contributed by atoms with E-state index >= 15 is 0 Å². The lowest BCUT2D eigenvalue weighted by Crippen LogP contribution is -2.12. The Kier molecular flexibility index (Phi) is 4.31. The average molecular weight is 242 g/mol. The van der Waals surface area contributed by atoms with Gasteiger partial charge < -0.3 is 0 Å². The van der Waals surface area contributed by atoms with Gasteiger partial charge in [-0.1, -0.05) is 36.3 Å². The molecule has 0 saturated heterocycles. The lowest BCUT2D eigenvalue weighted by molar-refractivity contribution is 0.764. The Balaban J connectivity index is 1.98. The first-order valence-electron chi connectivity index (χ1n) is 5.50. The minimum Gasteiger partial charge on any atom is -0.300 e. The standard InChI is InChI=1S/C14H14N2S/c1-2-3-9-15-10-14-16-13(11-17-14)12-7-5-4-6-8-12/h4-8,11,15H,9-10H2,1H3. The molecule has 0 spiro atoms. The van der Waals surface area contributed by atoms with E-state index in [1.54, 1.807) is 11.3 Å². The molecule has 0 unspecified atom stereocenters. The highest BCUT2D eigenvalue weighted by Gasteiger charge is 2.02. The molecule has 0 aliphatic rings. The molecule has 2 nitrogen and oxygen atoms in total. The predicted octanol–water partition coefficient (Wildman–Crippen LogP) is 2.92. The van der Waals surface area contributed by atoms with Gasteiger partial charge in [-0.2, -0.15) is 0 Å². The summed E-state index contributed by atoms with van der Waals surface area (Å²) in [5.41, 5.74) is 2.22. The summed E-state index contributed by atoms with van der Waals surface area (Å²) < 4.78 is 0. The fourth-order valence-corrected chi connectivity index (χ4v) is 2.23. The van der Waals surface area contributed by atoms with E-state index in [1.165, 1.54) is 5.56 Å². The minimum atomic E-state index is 0.719. The lowest BCUT2D eigenvalue weighted by atomic mass is 10.2. The largest absolute Gasteiger partial charge is 0.300 e. The van der Waals surface area contributed by atoms with Crippen LogP contribution in [0.3, 0.4) is 0 Å². The van der Waals surface area contributed by atoms with Crippen molar-refractivity contribution in [3.63, 3.8) is 0 Å². The van der Waals surface area contributed by atoms with Crippen LogP contribution in [0.2, 0.25) is 0 Å². The molecule has 0 bridgehead atoms. The zero-order chi connectivity index (χ0) is 11.9. The number of benzene rings is 1. The molecule has 2 rings (SSSR count). The average Bonchev–Trinajstić information content (AvgIpc) is 2.85. The van der Waals surface area contributed by atoms with Crippen molar-refractivity contribution in [1.82, 2.24) is 10.3 Å². The van der Waals surface area contributed by atoms with Gasteiger partial charge in [-0.15, -0.1) is 17.3 Å². The van der Waals surface area contributed by atoms with Crippen molar-refractivity contribution >= 4 is 11.3 Å². The molecule has 2 aromatic rings. The van der Waals surface area contributed by atoms with Crippen LogP contribution in [-0.4, -0.2) is 11.5 Å². The van der Waals surface area contributed by atoms with Crippen molar-refractivity contribution in [3.05, 3.63) is 40.7 Å². The van der Waals surface area contributed by atoms with E-state index in [9.17, 15) is 0 Å². The minimum absolute atomic E-state index is 0.719. The summed E-state index contributed by atoms with van der Waals surface area (Å²) in [6.07, 6.45) is 0. The molecule has 1 heterocycles. The SMILES string of the molecule is CC#CCNCc1nc(-c2ccccc2)cs1. The number of hydrogen-bond acceptors (Lipinski definition) is 3. The molecule has 0 atom stereocenters. The Morgan fingerprint density at radius 1 is 1.29 bits per heavy atom. The van der Waals surface area contributed by atoms with Crippen LogP contribution < -0.4 is 5.32 Å². The molecule has 0 aliphatic heterocycles. The van der Waals surface area contributed by atoms with Gasteiger partial charge in [-0.25, -0.2) is 4.98 Å². The van der Waals surface area contributed by atoms with Crippen LogP contribution in [0.5, 0.6) is 0 Å². The topological polar surface area (TPSA) is 24.9 Å². The van der Waals surface area contributed by atoms with Crippen LogP contribution >= 0.6 is 11.3 Å². The molecule has 3 heteroatoms. The number of hydrogen-bond donors (Lipinski definition) is 1. The maximum atomic E-state index is 4.59. The van der Waals surface area contributed by atoms with Crippen LogP contribution in [0.25, 0.3) is 11.3 Å². The molecular formula is C14H14N2S. The third kappa shape index (κ3) is 3.42. The third-order valence-corrected chi connectivity index (χ3v) is 3.14. The maximum absolute atomic E-state index is 4.59. The van der Waals surface area contributed by atoms with E-state index < -0.39 is 0 Å². The van der Waals surface area contributed by atoms with Crippen LogP contribution in [0.1, 0.15) is 11.9 Å². The fraction of sp³-hybridized carbons (Fsp3) is 0.214. The number of nitrogens with zero attached hydrogens (tertiary/aromatic N) is 1. The molecule has 0 aliphatic carbocycles. The molecule has 0 fully saturated rings. The first-order valence-corrected chi connectivity index (χ1v) is 6.38. The summed E-state index contributed by atoms with van der Waals surface area (Å²) in [4.78, 5) is 4.59. The lowest BCUT2D eigenvalue weighted by Gasteiger charge is -1.96. The van der Waals surface area contributed by atoms with Gasteiger partial charge in [0.25, 0.3) is 0 Å². The van der Waals surface area contributed by atoms with Crippen molar-refractivity contribution < 1.29 is 0 Å². The summed E-state index contributed by atoms with van der Waals surface area (Å²) >= 11 is 1.68. The Morgan fingerprint density at radius 2 is 2.12 bits per heavy atom. The van der Waals surface area contributed by atoms with Gasteiger partial charge in [0.15, 0.2) is 0 Å². The molecule has 1 aromatic heterocycles. The monoisotopic (exact) mass is 242 g/mol. The second-order valence-electron chi connectivity index (χ2n) is 3.52. The van der Waals surface area contributed by atoms with Gasteiger partial charge in [0.2, 0.25) is 0 Å². The highest BCUT2D eigenvalue weighted by Crippen LogP contribution is 2.21. The second-order valence-corrected chi connectivity index (χ2v) is 4.47. The molecule has 0 radical (unpaired) electrons. The van der Waals surface area contributed by atoms with Gasteiger partial charge in [0.1, 0.15) is 5.01 Å². The molecule has 1 aromatic carbocycles. The number of nitrogens with one attached hydrogen (secondary N) is 1.